The lowest BCUT2D eigenvalue weighted by Crippen LogP contribution is -2.46. The van der Waals surface area contributed by atoms with E-state index >= 15 is 0 Å². The van der Waals surface area contributed by atoms with Gasteiger partial charge in [0.05, 0.1) is 10.0 Å². The Kier molecular flexibility index (Phi) is 5.12. The minimum Gasteiger partial charge on any atom is -0.352 e. The second-order valence-corrected chi connectivity index (χ2v) is 7.03. The Balaban J connectivity index is 1.58. The van der Waals surface area contributed by atoms with Crippen molar-refractivity contribution in [1.29, 1.82) is 0 Å². The van der Waals surface area contributed by atoms with Gasteiger partial charge >= 0.3 is 0 Å². The molecule has 2 aliphatic rings. The van der Waals surface area contributed by atoms with Crippen molar-refractivity contribution in [2.75, 3.05) is 6.54 Å². The van der Waals surface area contributed by atoms with Gasteiger partial charge in [-0.15, -0.1) is 0 Å². The van der Waals surface area contributed by atoms with Crippen molar-refractivity contribution in [2.45, 2.75) is 50.6 Å². The van der Waals surface area contributed by atoms with E-state index in [9.17, 15) is 9.59 Å². The van der Waals surface area contributed by atoms with Gasteiger partial charge in [0.2, 0.25) is 11.8 Å². The molecule has 1 unspecified atom stereocenters. The van der Waals surface area contributed by atoms with Gasteiger partial charge < -0.3 is 10.2 Å². The maximum absolute atomic E-state index is 12.5. The second-order valence-electron chi connectivity index (χ2n) is 6.24. The molecule has 1 aliphatic carbocycles. The molecule has 23 heavy (non-hydrogen) atoms. The number of aryl methyl sites for hydroxylation is 1. The zero-order chi connectivity index (χ0) is 16.4. The van der Waals surface area contributed by atoms with Crippen LogP contribution in [0, 0.1) is 0 Å². The maximum Gasteiger partial charge on any atom is 0.243 e. The van der Waals surface area contributed by atoms with Gasteiger partial charge in [-0.05, 0) is 43.7 Å². The molecule has 1 saturated heterocycles. The molecule has 124 valence electrons. The summed E-state index contributed by atoms with van der Waals surface area (Å²) in [7, 11) is 0. The van der Waals surface area contributed by atoms with Crippen LogP contribution in [0.2, 0.25) is 10.0 Å². The van der Waals surface area contributed by atoms with E-state index < -0.39 is 0 Å². The van der Waals surface area contributed by atoms with Gasteiger partial charge in [0.15, 0.2) is 0 Å². The highest BCUT2D eigenvalue weighted by Gasteiger charge is 2.36. The molecular formula is C17H20Cl2N2O2. The Morgan fingerprint density at radius 2 is 2.00 bits per heavy atom. The third kappa shape index (κ3) is 3.99. The summed E-state index contributed by atoms with van der Waals surface area (Å²) in [5.41, 5.74) is 0.866. The molecule has 1 aromatic rings. The van der Waals surface area contributed by atoms with Crippen LogP contribution in [-0.4, -0.2) is 35.3 Å². The molecule has 4 nitrogen and oxygen atoms in total. The van der Waals surface area contributed by atoms with Gasteiger partial charge in [0.25, 0.3) is 0 Å². The summed E-state index contributed by atoms with van der Waals surface area (Å²) in [5, 5.41) is 4.01. The number of nitrogens with one attached hydrogen (secondary N) is 1. The van der Waals surface area contributed by atoms with Crippen molar-refractivity contribution in [3.63, 3.8) is 0 Å². The first-order valence-corrected chi connectivity index (χ1v) is 8.84. The van der Waals surface area contributed by atoms with Crippen LogP contribution in [0.4, 0.5) is 0 Å². The van der Waals surface area contributed by atoms with Gasteiger partial charge in [0, 0.05) is 19.0 Å². The number of amides is 2. The van der Waals surface area contributed by atoms with Gasteiger partial charge in [0.1, 0.15) is 6.04 Å². The lowest BCUT2D eigenvalue weighted by molar-refractivity contribution is -0.138. The number of rotatable bonds is 5. The average molecular weight is 355 g/mol. The predicted octanol–water partition coefficient (Wildman–Crippen LogP) is 3.20. The maximum atomic E-state index is 12.5. The van der Waals surface area contributed by atoms with Crippen LogP contribution in [-0.2, 0) is 16.0 Å². The van der Waals surface area contributed by atoms with Crippen LogP contribution in [0.5, 0.6) is 0 Å². The van der Waals surface area contributed by atoms with E-state index in [1.54, 1.807) is 11.0 Å². The number of likely N-dealkylation sites (tertiary alicyclic amines) is 1. The summed E-state index contributed by atoms with van der Waals surface area (Å²) in [4.78, 5) is 26.5. The molecule has 0 spiro atoms. The fraction of sp³-hybridized carbons (Fsp3) is 0.529. The standard InChI is InChI=1S/C17H20Cl2N2O2/c18-13-4-1-3-11(16(13)19)6-9-15(22)21-10-2-5-14(21)17(23)20-12-7-8-12/h1,3-4,12,14H,2,5-10H2,(H,20,23). The smallest absolute Gasteiger partial charge is 0.243 e. The lowest BCUT2D eigenvalue weighted by Gasteiger charge is -2.24. The first-order valence-electron chi connectivity index (χ1n) is 8.09. The fourth-order valence-corrected chi connectivity index (χ4v) is 3.40. The highest BCUT2D eigenvalue weighted by Crippen LogP contribution is 2.27. The molecule has 1 saturated carbocycles. The third-order valence-electron chi connectivity index (χ3n) is 4.44. The summed E-state index contributed by atoms with van der Waals surface area (Å²) in [6.07, 6.45) is 4.62. The van der Waals surface area contributed by atoms with Gasteiger partial charge in [-0.3, -0.25) is 9.59 Å². The number of benzene rings is 1. The molecule has 1 N–H and O–H groups in total. The Morgan fingerprint density at radius 3 is 2.74 bits per heavy atom. The zero-order valence-electron chi connectivity index (χ0n) is 12.9. The molecule has 0 aromatic heterocycles. The van der Waals surface area contributed by atoms with E-state index in [2.05, 4.69) is 5.32 Å². The molecule has 1 atom stereocenters. The minimum absolute atomic E-state index is 0.000798. The van der Waals surface area contributed by atoms with E-state index in [1.807, 2.05) is 12.1 Å². The third-order valence-corrected chi connectivity index (χ3v) is 5.30. The summed E-state index contributed by atoms with van der Waals surface area (Å²) >= 11 is 12.2. The molecule has 6 heteroatoms. The average Bonchev–Trinajstić information content (AvgIpc) is 3.20. The number of halogens is 2. The number of nitrogens with zero attached hydrogens (tertiary/aromatic N) is 1. The molecule has 2 amide bonds. The number of hydrogen-bond donors (Lipinski definition) is 1. The van der Waals surface area contributed by atoms with Gasteiger partial charge in [-0.2, -0.15) is 0 Å². The van der Waals surface area contributed by atoms with E-state index in [1.165, 1.54) is 0 Å². The molecular weight excluding hydrogens is 335 g/mol. The minimum atomic E-state index is -0.307. The first-order chi connectivity index (χ1) is 11.1. The molecule has 1 aromatic carbocycles. The van der Waals surface area contributed by atoms with Crippen molar-refractivity contribution in [1.82, 2.24) is 10.2 Å². The highest BCUT2D eigenvalue weighted by atomic mass is 35.5. The predicted molar refractivity (Wildman–Crippen MR) is 90.7 cm³/mol. The molecule has 2 fully saturated rings. The van der Waals surface area contributed by atoms with E-state index in [0.29, 0.717) is 35.5 Å². The fourth-order valence-electron chi connectivity index (χ4n) is 2.99. The Bertz CT molecular complexity index is 617. The summed E-state index contributed by atoms with van der Waals surface area (Å²) < 4.78 is 0. The van der Waals surface area contributed by atoms with Crippen LogP contribution < -0.4 is 5.32 Å². The van der Waals surface area contributed by atoms with Crippen LogP contribution in [0.15, 0.2) is 18.2 Å². The van der Waals surface area contributed by atoms with Crippen LogP contribution in [0.3, 0.4) is 0 Å². The van der Waals surface area contributed by atoms with Crippen LogP contribution >= 0.6 is 23.2 Å². The summed E-state index contributed by atoms with van der Waals surface area (Å²) in [6.45, 7) is 0.658. The Morgan fingerprint density at radius 1 is 1.22 bits per heavy atom. The van der Waals surface area contributed by atoms with Crippen LogP contribution in [0.25, 0.3) is 0 Å². The number of carbonyl (C=O) groups excluding carboxylic acids is 2. The molecule has 0 radical (unpaired) electrons. The Labute approximate surface area is 146 Å². The van der Waals surface area contributed by atoms with Crippen molar-refractivity contribution in [3.05, 3.63) is 33.8 Å². The normalized spacial score (nSPS) is 20.6. The second kappa shape index (κ2) is 7.10. The monoisotopic (exact) mass is 354 g/mol. The first kappa shape index (κ1) is 16.6. The topological polar surface area (TPSA) is 49.4 Å². The van der Waals surface area contributed by atoms with Crippen molar-refractivity contribution >= 4 is 35.0 Å². The van der Waals surface area contributed by atoms with Crippen molar-refractivity contribution in [3.8, 4) is 0 Å². The zero-order valence-corrected chi connectivity index (χ0v) is 14.4. The van der Waals surface area contributed by atoms with E-state index in [0.717, 1.165) is 31.2 Å². The lowest BCUT2D eigenvalue weighted by atomic mass is 10.1. The van der Waals surface area contributed by atoms with Crippen molar-refractivity contribution < 1.29 is 9.59 Å². The summed E-state index contributed by atoms with van der Waals surface area (Å²) in [6, 6.07) is 5.45. The van der Waals surface area contributed by atoms with E-state index in [-0.39, 0.29) is 17.9 Å². The molecule has 1 aliphatic heterocycles. The summed E-state index contributed by atoms with van der Waals surface area (Å²) in [5.74, 6) is 0.00799. The quantitative estimate of drug-likeness (QED) is 0.882. The van der Waals surface area contributed by atoms with Gasteiger partial charge in [-0.1, -0.05) is 35.3 Å². The van der Waals surface area contributed by atoms with Crippen molar-refractivity contribution in [2.24, 2.45) is 0 Å². The molecule has 1 heterocycles. The Hall–Kier alpha value is -1.26. The van der Waals surface area contributed by atoms with Crippen LogP contribution in [0.1, 0.15) is 37.7 Å². The SMILES string of the molecule is O=C(NC1CC1)C1CCCN1C(=O)CCc1cccc(Cl)c1Cl. The highest BCUT2D eigenvalue weighted by molar-refractivity contribution is 6.42. The van der Waals surface area contributed by atoms with E-state index in [4.69, 9.17) is 23.2 Å². The molecule has 0 bridgehead atoms. The number of hydrogen-bond acceptors (Lipinski definition) is 2. The molecule has 3 rings (SSSR count). The number of carbonyl (C=O) groups is 2. The largest absolute Gasteiger partial charge is 0.352 e. The van der Waals surface area contributed by atoms with Gasteiger partial charge in [-0.25, -0.2) is 0 Å².